The molecule has 1 fully saturated rings. The Hall–Kier alpha value is -2.53. The second-order valence-electron chi connectivity index (χ2n) is 8.33. The van der Waals surface area contributed by atoms with Gasteiger partial charge in [0.05, 0.1) is 12.8 Å². The van der Waals surface area contributed by atoms with E-state index in [1.807, 2.05) is 4.90 Å². The number of methoxy groups -OCH3 is 1. The molecule has 0 unspecified atom stereocenters. The van der Waals surface area contributed by atoms with Crippen LogP contribution in [0.25, 0.3) is 0 Å². The van der Waals surface area contributed by atoms with Crippen LogP contribution in [-0.4, -0.2) is 49.6 Å². The van der Waals surface area contributed by atoms with E-state index in [4.69, 9.17) is 4.74 Å². The van der Waals surface area contributed by atoms with Crippen molar-refractivity contribution in [2.75, 3.05) is 36.5 Å². The Balaban J connectivity index is 1.58. The van der Waals surface area contributed by atoms with Crippen molar-refractivity contribution in [3.63, 3.8) is 0 Å². The van der Waals surface area contributed by atoms with E-state index < -0.39 is 0 Å². The van der Waals surface area contributed by atoms with E-state index in [-0.39, 0.29) is 5.91 Å². The minimum absolute atomic E-state index is 0.106. The molecule has 4 rings (SSSR count). The predicted octanol–water partition coefficient (Wildman–Crippen LogP) is 3.70. The number of amides is 1. The summed E-state index contributed by atoms with van der Waals surface area (Å²) < 4.78 is 5.75. The van der Waals surface area contributed by atoms with Gasteiger partial charge in [0.2, 0.25) is 5.91 Å². The average molecular weight is 394 g/mol. The summed E-state index contributed by atoms with van der Waals surface area (Å²) in [5, 5.41) is 0. The lowest BCUT2D eigenvalue weighted by atomic mass is 10.0. The van der Waals surface area contributed by atoms with Crippen LogP contribution >= 0.6 is 0 Å². The highest BCUT2D eigenvalue weighted by molar-refractivity contribution is 5.95. The molecule has 29 heavy (non-hydrogen) atoms. The van der Waals surface area contributed by atoms with Crippen molar-refractivity contribution in [3.05, 3.63) is 53.6 Å². The van der Waals surface area contributed by atoms with E-state index in [1.165, 1.54) is 11.1 Å². The van der Waals surface area contributed by atoms with Gasteiger partial charge in [-0.3, -0.25) is 9.69 Å². The molecule has 0 N–H and O–H groups in total. The van der Waals surface area contributed by atoms with E-state index in [9.17, 15) is 4.79 Å². The molecule has 0 radical (unpaired) electrons. The molecule has 0 aromatic heterocycles. The molecule has 5 heteroatoms. The highest BCUT2D eigenvalue weighted by Crippen LogP contribution is 2.40. The summed E-state index contributed by atoms with van der Waals surface area (Å²) in [6.07, 6.45) is 0.892. The lowest BCUT2D eigenvalue weighted by molar-refractivity contribution is -0.116. The molecule has 2 aliphatic rings. The Labute approximate surface area is 173 Å². The number of rotatable bonds is 4. The largest absolute Gasteiger partial charge is 0.495 e. The van der Waals surface area contributed by atoms with Gasteiger partial charge in [-0.2, -0.15) is 0 Å². The molecule has 2 aromatic carbocycles. The van der Waals surface area contributed by atoms with Crippen molar-refractivity contribution in [1.82, 2.24) is 4.90 Å². The zero-order valence-electron chi connectivity index (χ0n) is 17.9. The second-order valence-corrected chi connectivity index (χ2v) is 8.33. The Morgan fingerprint density at radius 3 is 2.38 bits per heavy atom. The molecule has 2 aromatic rings. The lowest BCUT2D eigenvalue weighted by Gasteiger charge is -2.45. The standard InChI is InChI=1S/C24H31N3O2/c1-17-14-25(15-18(2)27(17)16-20-8-6-5-7-9-20)23-13-22-21(12-24(23)29-4)10-11-26(22)19(3)28/h5-9,12-13,17-18H,10-11,14-16H2,1-4H3/t17-,18+. The van der Waals surface area contributed by atoms with Gasteiger partial charge < -0.3 is 14.5 Å². The van der Waals surface area contributed by atoms with Crippen LogP contribution in [-0.2, 0) is 17.8 Å². The van der Waals surface area contributed by atoms with Crippen molar-refractivity contribution in [1.29, 1.82) is 0 Å². The molecule has 1 saturated heterocycles. The van der Waals surface area contributed by atoms with Crippen LogP contribution < -0.4 is 14.5 Å². The summed E-state index contributed by atoms with van der Waals surface area (Å²) in [5.74, 6) is 1.01. The number of hydrogen-bond acceptors (Lipinski definition) is 4. The molecular weight excluding hydrogens is 362 g/mol. The fourth-order valence-electron chi connectivity index (χ4n) is 4.80. The summed E-state index contributed by atoms with van der Waals surface area (Å²) in [4.78, 5) is 18.9. The highest BCUT2D eigenvalue weighted by atomic mass is 16.5. The van der Waals surface area contributed by atoms with E-state index in [0.717, 1.165) is 49.7 Å². The van der Waals surface area contributed by atoms with Crippen LogP contribution in [0, 0.1) is 0 Å². The first kappa shape index (κ1) is 19.8. The van der Waals surface area contributed by atoms with Crippen molar-refractivity contribution < 1.29 is 9.53 Å². The number of anilines is 2. The monoisotopic (exact) mass is 393 g/mol. The van der Waals surface area contributed by atoms with E-state index in [1.54, 1.807) is 14.0 Å². The van der Waals surface area contributed by atoms with Gasteiger partial charge >= 0.3 is 0 Å². The SMILES string of the molecule is COc1cc2c(cc1N1C[C@@H](C)N(Cc3ccccc3)[C@@H](C)C1)N(C(C)=O)CC2. The summed E-state index contributed by atoms with van der Waals surface area (Å²) in [6, 6.07) is 15.8. The van der Waals surface area contributed by atoms with Gasteiger partial charge in [-0.1, -0.05) is 30.3 Å². The molecule has 1 amide bonds. The molecule has 0 saturated carbocycles. The molecule has 0 spiro atoms. The molecule has 2 heterocycles. The van der Waals surface area contributed by atoms with Gasteiger partial charge in [-0.15, -0.1) is 0 Å². The predicted molar refractivity (Wildman–Crippen MR) is 118 cm³/mol. The minimum atomic E-state index is 0.106. The smallest absolute Gasteiger partial charge is 0.223 e. The fraction of sp³-hybridized carbons (Fsp3) is 0.458. The third kappa shape index (κ3) is 3.84. The molecule has 2 atom stereocenters. The Kier molecular flexibility index (Phi) is 5.50. The molecule has 5 nitrogen and oxygen atoms in total. The molecule has 154 valence electrons. The minimum Gasteiger partial charge on any atom is -0.495 e. The number of benzene rings is 2. The fourth-order valence-corrected chi connectivity index (χ4v) is 4.80. The van der Waals surface area contributed by atoms with Crippen LogP contribution in [0.2, 0.25) is 0 Å². The number of piperazine rings is 1. The first-order valence-electron chi connectivity index (χ1n) is 10.5. The van der Waals surface area contributed by atoms with Crippen LogP contribution in [0.4, 0.5) is 11.4 Å². The van der Waals surface area contributed by atoms with Crippen molar-refractivity contribution in [2.24, 2.45) is 0 Å². The van der Waals surface area contributed by atoms with Crippen LogP contribution in [0.1, 0.15) is 31.9 Å². The quantitative estimate of drug-likeness (QED) is 0.794. The zero-order chi connectivity index (χ0) is 20.5. The number of ether oxygens (including phenoxy) is 1. The van der Waals surface area contributed by atoms with E-state index >= 15 is 0 Å². The third-order valence-corrected chi connectivity index (χ3v) is 6.31. The van der Waals surface area contributed by atoms with Crippen LogP contribution in [0.5, 0.6) is 5.75 Å². The number of carbonyl (C=O) groups excluding carboxylic acids is 1. The van der Waals surface area contributed by atoms with Crippen LogP contribution in [0.15, 0.2) is 42.5 Å². The molecule has 0 bridgehead atoms. The Bertz CT molecular complexity index is 871. The van der Waals surface area contributed by atoms with Crippen molar-refractivity contribution >= 4 is 17.3 Å². The molecule has 0 aliphatic carbocycles. The average Bonchev–Trinajstić information content (AvgIpc) is 3.13. The summed E-state index contributed by atoms with van der Waals surface area (Å²) >= 11 is 0. The van der Waals surface area contributed by atoms with E-state index in [2.05, 4.69) is 66.1 Å². The lowest BCUT2D eigenvalue weighted by Crippen LogP contribution is -2.56. The van der Waals surface area contributed by atoms with Gasteiger partial charge in [0, 0.05) is 50.9 Å². The first-order valence-corrected chi connectivity index (χ1v) is 10.5. The number of nitrogens with zero attached hydrogens (tertiary/aromatic N) is 3. The van der Waals surface area contributed by atoms with Gasteiger partial charge in [0.25, 0.3) is 0 Å². The second kappa shape index (κ2) is 8.07. The van der Waals surface area contributed by atoms with Gasteiger partial charge in [0.15, 0.2) is 0 Å². The maximum absolute atomic E-state index is 12.0. The van der Waals surface area contributed by atoms with Crippen LogP contribution in [0.3, 0.4) is 0 Å². The maximum Gasteiger partial charge on any atom is 0.223 e. The number of hydrogen-bond donors (Lipinski definition) is 0. The first-order chi connectivity index (χ1) is 14.0. The van der Waals surface area contributed by atoms with Gasteiger partial charge in [0.1, 0.15) is 5.75 Å². The van der Waals surface area contributed by atoms with Crippen molar-refractivity contribution in [2.45, 2.75) is 45.8 Å². The summed E-state index contributed by atoms with van der Waals surface area (Å²) in [5.41, 5.74) is 4.69. The number of carbonyl (C=O) groups is 1. The molecular formula is C24H31N3O2. The van der Waals surface area contributed by atoms with Gasteiger partial charge in [-0.05, 0) is 43.5 Å². The Morgan fingerprint density at radius 2 is 1.76 bits per heavy atom. The summed E-state index contributed by atoms with van der Waals surface area (Å²) in [7, 11) is 1.74. The third-order valence-electron chi connectivity index (χ3n) is 6.31. The Morgan fingerprint density at radius 1 is 1.07 bits per heavy atom. The summed E-state index contributed by atoms with van der Waals surface area (Å²) in [6.45, 7) is 9.84. The zero-order valence-corrected chi connectivity index (χ0v) is 17.9. The topological polar surface area (TPSA) is 36.0 Å². The maximum atomic E-state index is 12.0. The van der Waals surface area contributed by atoms with E-state index in [0.29, 0.717) is 12.1 Å². The highest BCUT2D eigenvalue weighted by Gasteiger charge is 2.32. The number of fused-ring (bicyclic) bond motifs is 1. The van der Waals surface area contributed by atoms with Gasteiger partial charge in [-0.25, -0.2) is 0 Å². The van der Waals surface area contributed by atoms with Crippen molar-refractivity contribution in [3.8, 4) is 5.75 Å². The normalized spacial score (nSPS) is 21.9. The molecule has 2 aliphatic heterocycles.